The molecule has 0 bridgehead atoms. The minimum atomic E-state index is -3.11. The maximum Gasteiger partial charge on any atom is 0.266 e. The topological polar surface area (TPSA) is 74.8 Å². The molecule has 2 heterocycles. The van der Waals surface area contributed by atoms with E-state index < -0.39 is 21.6 Å². The molecule has 1 aromatic rings. The van der Waals surface area contributed by atoms with Crippen molar-refractivity contribution in [3.05, 3.63) is 40.6 Å². The fraction of sp³-hybridized carbons (Fsp3) is 0.353. The van der Waals surface area contributed by atoms with E-state index in [-0.39, 0.29) is 34.3 Å². The quantitative estimate of drug-likeness (QED) is 0.537. The Morgan fingerprint density at radius 2 is 2.22 bits per heavy atom. The SMILES string of the molecule is CN(C(=O)CN1C(=O)/C(=C\c2cccc(F)c2)SC1=S)[C@H]1CCS(=O)(=O)C1. The molecule has 0 radical (unpaired) electrons. The van der Waals surface area contributed by atoms with Gasteiger partial charge in [0.2, 0.25) is 5.91 Å². The van der Waals surface area contributed by atoms with Gasteiger partial charge in [0.05, 0.1) is 16.4 Å². The van der Waals surface area contributed by atoms with E-state index in [0.29, 0.717) is 16.9 Å². The summed E-state index contributed by atoms with van der Waals surface area (Å²) in [6.07, 6.45) is 1.92. The summed E-state index contributed by atoms with van der Waals surface area (Å²) < 4.78 is 36.7. The van der Waals surface area contributed by atoms with Crippen molar-refractivity contribution in [2.75, 3.05) is 25.1 Å². The third-order valence-corrected chi connectivity index (χ3v) is 7.59. The number of sulfone groups is 1. The van der Waals surface area contributed by atoms with Crippen LogP contribution in [0.3, 0.4) is 0 Å². The van der Waals surface area contributed by atoms with Crippen LogP contribution in [0.5, 0.6) is 0 Å². The number of hydrogen-bond donors (Lipinski definition) is 0. The number of halogens is 1. The summed E-state index contributed by atoms with van der Waals surface area (Å²) in [4.78, 5) is 27.9. The van der Waals surface area contributed by atoms with Crippen LogP contribution in [0.15, 0.2) is 29.2 Å². The van der Waals surface area contributed by atoms with Crippen LogP contribution in [0.1, 0.15) is 12.0 Å². The number of thioether (sulfide) groups is 1. The number of carbonyl (C=O) groups is 2. The van der Waals surface area contributed by atoms with Gasteiger partial charge in [-0.3, -0.25) is 14.5 Å². The van der Waals surface area contributed by atoms with Crippen molar-refractivity contribution in [1.29, 1.82) is 0 Å². The lowest BCUT2D eigenvalue weighted by atomic mass is 10.2. The minimum Gasteiger partial charge on any atom is -0.340 e. The number of nitrogens with zero attached hydrogens (tertiary/aromatic N) is 2. The smallest absolute Gasteiger partial charge is 0.266 e. The van der Waals surface area contributed by atoms with Crippen LogP contribution >= 0.6 is 24.0 Å². The van der Waals surface area contributed by atoms with Crippen LogP contribution in [0, 0.1) is 5.82 Å². The highest BCUT2D eigenvalue weighted by atomic mass is 32.2. The molecule has 3 rings (SSSR count). The molecule has 0 spiro atoms. The molecule has 0 aromatic heterocycles. The zero-order valence-electron chi connectivity index (χ0n) is 14.4. The third kappa shape index (κ3) is 4.56. The molecule has 0 N–H and O–H groups in total. The van der Waals surface area contributed by atoms with Crippen LogP contribution in [-0.2, 0) is 19.4 Å². The Morgan fingerprint density at radius 1 is 1.48 bits per heavy atom. The zero-order valence-corrected chi connectivity index (χ0v) is 16.9. The Morgan fingerprint density at radius 3 is 2.85 bits per heavy atom. The van der Waals surface area contributed by atoms with Crippen LogP contribution in [0.25, 0.3) is 6.08 Å². The summed E-state index contributed by atoms with van der Waals surface area (Å²) in [5.41, 5.74) is 0.523. The van der Waals surface area contributed by atoms with Gasteiger partial charge in [0.15, 0.2) is 9.84 Å². The average Bonchev–Trinajstić information content (AvgIpc) is 3.08. The van der Waals surface area contributed by atoms with Gasteiger partial charge in [-0.05, 0) is 30.2 Å². The van der Waals surface area contributed by atoms with Crippen molar-refractivity contribution in [3.63, 3.8) is 0 Å². The average molecular weight is 429 g/mol. The van der Waals surface area contributed by atoms with E-state index in [1.54, 1.807) is 6.07 Å². The van der Waals surface area contributed by atoms with Crippen LogP contribution < -0.4 is 0 Å². The van der Waals surface area contributed by atoms with E-state index in [1.807, 2.05) is 0 Å². The van der Waals surface area contributed by atoms with Gasteiger partial charge in [0, 0.05) is 13.1 Å². The van der Waals surface area contributed by atoms with Crippen LogP contribution in [0.4, 0.5) is 4.39 Å². The zero-order chi connectivity index (χ0) is 19.8. The first kappa shape index (κ1) is 20.0. The second-order valence-corrected chi connectivity index (χ2v) is 10.3. The number of thiocarbonyl (C=S) groups is 1. The van der Waals surface area contributed by atoms with Gasteiger partial charge in [0.25, 0.3) is 5.91 Å². The molecule has 27 heavy (non-hydrogen) atoms. The minimum absolute atomic E-state index is 0.0622. The Balaban J connectivity index is 1.69. The summed E-state index contributed by atoms with van der Waals surface area (Å²) >= 11 is 6.25. The van der Waals surface area contributed by atoms with Crippen molar-refractivity contribution < 1.29 is 22.4 Å². The highest BCUT2D eigenvalue weighted by molar-refractivity contribution is 8.26. The van der Waals surface area contributed by atoms with Crippen LogP contribution in [0.2, 0.25) is 0 Å². The number of benzene rings is 1. The summed E-state index contributed by atoms with van der Waals surface area (Å²) in [7, 11) is -1.58. The molecule has 0 aliphatic carbocycles. The normalized spacial score (nSPS) is 23.3. The predicted octanol–water partition coefficient (Wildman–Crippen LogP) is 1.67. The Hall–Kier alpha value is -1.78. The van der Waals surface area contributed by atoms with Gasteiger partial charge in [0.1, 0.15) is 16.7 Å². The summed E-state index contributed by atoms with van der Waals surface area (Å²) in [5, 5.41) is 0. The van der Waals surface area contributed by atoms with Gasteiger partial charge in [-0.2, -0.15) is 0 Å². The lowest BCUT2D eigenvalue weighted by Crippen LogP contribution is -2.45. The standard InChI is InChI=1S/C17H17FN2O4S3/c1-19(13-5-6-27(23,24)10-13)15(21)9-20-16(22)14(26-17(20)25)8-11-3-2-4-12(18)7-11/h2-4,7-8,13H,5-6,9-10H2,1H3/b14-8+/t13-/m0/s1. The molecule has 1 atom stereocenters. The Labute approximate surface area is 166 Å². The first-order valence-electron chi connectivity index (χ1n) is 8.13. The van der Waals surface area contributed by atoms with Gasteiger partial charge < -0.3 is 4.90 Å². The molecule has 6 nitrogen and oxygen atoms in total. The van der Waals surface area contributed by atoms with Gasteiger partial charge in [-0.25, -0.2) is 12.8 Å². The van der Waals surface area contributed by atoms with E-state index in [9.17, 15) is 22.4 Å². The molecule has 2 fully saturated rings. The second-order valence-electron chi connectivity index (χ2n) is 6.38. The second kappa shape index (κ2) is 7.69. The summed E-state index contributed by atoms with van der Waals surface area (Å²) in [6.45, 7) is -0.252. The molecule has 1 aromatic carbocycles. The van der Waals surface area contributed by atoms with Gasteiger partial charge in [-0.15, -0.1) is 0 Å². The largest absolute Gasteiger partial charge is 0.340 e. The van der Waals surface area contributed by atoms with Crippen molar-refractivity contribution in [1.82, 2.24) is 9.80 Å². The number of carbonyl (C=O) groups excluding carboxylic acids is 2. The summed E-state index contributed by atoms with van der Waals surface area (Å²) in [5.74, 6) is -1.21. The Bertz CT molecular complexity index is 945. The van der Waals surface area contributed by atoms with Crippen molar-refractivity contribution in [2.45, 2.75) is 12.5 Å². The highest BCUT2D eigenvalue weighted by Gasteiger charge is 2.37. The lowest BCUT2D eigenvalue weighted by Gasteiger charge is -2.25. The molecule has 2 aliphatic heterocycles. The van der Waals surface area contributed by atoms with E-state index in [2.05, 4.69) is 0 Å². The molecule has 144 valence electrons. The van der Waals surface area contributed by atoms with E-state index in [1.165, 1.54) is 41.1 Å². The number of amides is 2. The number of hydrogen-bond acceptors (Lipinski definition) is 6. The highest BCUT2D eigenvalue weighted by Crippen LogP contribution is 2.32. The summed E-state index contributed by atoms with van der Waals surface area (Å²) in [6, 6.07) is 5.42. The molecular formula is C17H17FN2O4S3. The molecule has 0 unspecified atom stereocenters. The van der Waals surface area contributed by atoms with E-state index in [0.717, 1.165) is 11.8 Å². The predicted molar refractivity (Wildman–Crippen MR) is 106 cm³/mol. The van der Waals surface area contributed by atoms with E-state index >= 15 is 0 Å². The number of rotatable bonds is 4. The molecule has 2 aliphatic rings. The molecular weight excluding hydrogens is 411 g/mol. The van der Waals surface area contributed by atoms with Crippen LogP contribution in [-0.4, -0.2) is 65.5 Å². The molecule has 10 heteroatoms. The first-order valence-corrected chi connectivity index (χ1v) is 11.2. The molecule has 2 saturated heterocycles. The van der Waals surface area contributed by atoms with Crippen molar-refractivity contribution >= 4 is 56.0 Å². The van der Waals surface area contributed by atoms with Gasteiger partial charge >= 0.3 is 0 Å². The third-order valence-electron chi connectivity index (χ3n) is 4.46. The van der Waals surface area contributed by atoms with E-state index in [4.69, 9.17) is 12.2 Å². The lowest BCUT2D eigenvalue weighted by molar-refractivity contribution is -0.135. The maximum atomic E-state index is 13.3. The first-order chi connectivity index (χ1) is 12.7. The van der Waals surface area contributed by atoms with Crippen molar-refractivity contribution in [2.24, 2.45) is 0 Å². The van der Waals surface area contributed by atoms with Gasteiger partial charge in [-0.1, -0.05) is 36.1 Å². The fourth-order valence-corrected chi connectivity index (χ4v) is 5.94. The van der Waals surface area contributed by atoms with Crippen molar-refractivity contribution in [3.8, 4) is 0 Å². The monoisotopic (exact) mass is 428 g/mol. The Kier molecular flexibility index (Phi) is 5.68. The maximum absolute atomic E-state index is 13.3. The number of likely N-dealkylation sites (N-methyl/N-ethyl adjacent to an activating group) is 1. The molecule has 0 saturated carbocycles. The molecule has 2 amide bonds. The fourth-order valence-electron chi connectivity index (χ4n) is 2.92.